The van der Waals surface area contributed by atoms with Gasteiger partial charge in [-0.2, -0.15) is 0 Å². The number of carbonyl (C=O) groups is 1. The van der Waals surface area contributed by atoms with Crippen LogP contribution in [-0.4, -0.2) is 30.4 Å². The monoisotopic (exact) mass is 542 g/mol. The number of nitrogens with one attached hydrogen (secondary N) is 1. The predicted octanol–water partition coefficient (Wildman–Crippen LogP) is 5.04. The van der Waals surface area contributed by atoms with Crippen LogP contribution in [-0.2, 0) is 4.79 Å². The molecule has 0 saturated carbocycles. The van der Waals surface area contributed by atoms with Crippen LogP contribution in [0, 0.1) is 5.92 Å². The van der Waals surface area contributed by atoms with Gasteiger partial charge < -0.3 is 20.7 Å². The number of hydrogen-bond acceptors (Lipinski definition) is 3. The van der Waals surface area contributed by atoms with Gasteiger partial charge >= 0.3 is 0 Å². The molecule has 4 rings (SSSR count). The van der Waals surface area contributed by atoms with Crippen molar-refractivity contribution in [2.45, 2.75) is 12.5 Å². The molecular formula is C25H27IN4O2. The molecule has 1 aliphatic rings. The number of rotatable bonds is 6. The summed E-state index contributed by atoms with van der Waals surface area (Å²) in [5.74, 6) is 1.99. The minimum absolute atomic E-state index is 0. The molecule has 3 N–H and O–H groups in total. The van der Waals surface area contributed by atoms with Crippen molar-refractivity contribution < 1.29 is 9.53 Å². The number of anilines is 1. The number of nitrogens with two attached hydrogens (primary N) is 1. The summed E-state index contributed by atoms with van der Waals surface area (Å²) in [6, 6.07) is 27.2. The van der Waals surface area contributed by atoms with E-state index in [9.17, 15) is 4.79 Å². The molecule has 32 heavy (non-hydrogen) atoms. The second kappa shape index (κ2) is 11.0. The lowest BCUT2D eigenvalue weighted by Gasteiger charge is -2.24. The average Bonchev–Trinajstić information content (AvgIpc) is 3.07. The molecule has 3 aromatic rings. The normalized spacial score (nSPS) is 18.2. The van der Waals surface area contributed by atoms with Crippen molar-refractivity contribution in [3.05, 3.63) is 90.5 Å². The summed E-state index contributed by atoms with van der Waals surface area (Å²) in [7, 11) is 1.85. The Morgan fingerprint density at radius 2 is 1.69 bits per heavy atom. The highest BCUT2D eigenvalue weighted by atomic mass is 127. The molecule has 1 fully saturated rings. The number of hydrogen-bond donors (Lipinski definition) is 2. The standard InChI is InChI=1S/C25H26N4O2.HI/c1-29-23(30)15-19(24(29)18-9-4-2-5-10-18)17-27-25(26)28-20-11-8-14-22(16-20)31-21-12-6-3-7-13-21;/h2-14,16,19,24H,15,17H2,1H3,(H3,26,27,28);1H. The Kier molecular flexibility index (Phi) is 8.10. The zero-order valence-corrected chi connectivity index (χ0v) is 20.2. The molecule has 2 unspecified atom stereocenters. The van der Waals surface area contributed by atoms with E-state index in [1.807, 2.05) is 84.7 Å². The molecule has 0 radical (unpaired) electrons. The second-order valence-electron chi connectivity index (χ2n) is 7.62. The number of guanidine groups is 1. The SMILES string of the molecule is CN1C(=O)CC(CN=C(N)Nc2cccc(Oc3ccccc3)c2)C1c1ccccc1.I. The van der Waals surface area contributed by atoms with Gasteiger partial charge in [0, 0.05) is 37.7 Å². The molecule has 0 aliphatic carbocycles. The van der Waals surface area contributed by atoms with E-state index < -0.39 is 0 Å². The first-order valence-corrected chi connectivity index (χ1v) is 10.3. The van der Waals surface area contributed by atoms with E-state index in [2.05, 4.69) is 22.4 Å². The first-order valence-electron chi connectivity index (χ1n) is 10.3. The number of benzene rings is 3. The summed E-state index contributed by atoms with van der Waals surface area (Å²) in [5.41, 5.74) is 8.04. The maximum atomic E-state index is 12.3. The Balaban J connectivity index is 0.00000289. The molecule has 166 valence electrons. The molecule has 6 nitrogen and oxygen atoms in total. The number of likely N-dealkylation sites (tertiary alicyclic amines) is 1. The number of amides is 1. The summed E-state index contributed by atoms with van der Waals surface area (Å²) in [5, 5.41) is 3.12. The molecular weight excluding hydrogens is 515 g/mol. The third kappa shape index (κ3) is 5.79. The third-order valence-corrected chi connectivity index (χ3v) is 5.42. The highest BCUT2D eigenvalue weighted by Gasteiger charge is 2.38. The van der Waals surface area contributed by atoms with Crippen molar-refractivity contribution in [2.24, 2.45) is 16.6 Å². The van der Waals surface area contributed by atoms with Crippen molar-refractivity contribution in [2.75, 3.05) is 18.9 Å². The largest absolute Gasteiger partial charge is 0.457 e. The maximum Gasteiger partial charge on any atom is 0.223 e. The molecule has 2 atom stereocenters. The Bertz CT molecular complexity index is 1060. The first kappa shape index (κ1) is 23.6. The summed E-state index contributed by atoms with van der Waals surface area (Å²) < 4.78 is 5.86. The zero-order valence-electron chi connectivity index (χ0n) is 17.8. The van der Waals surface area contributed by atoms with Crippen LogP contribution < -0.4 is 15.8 Å². The van der Waals surface area contributed by atoms with Crippen LogP contribution in [0.4, 0.5) is 5.69 Å². The van der Waals surface area contributed by atoms with E-state index in [1.54, 1.807) is 0 Å². The predicted molar refractivity (Wildman–Crippen MR) is 139 cm³/mol. The highest BCUT2D eigenvalue weighted by molar-refractivity contribution is 14.0. The maximum absolute atomic E-state index is 12.3. The first-order chi connectivity index (χ1) is 15.1. The fourth-order valence-electron chi connectivity index (χ4n) is 3.93. The molecule has 1 amide bonds. The quantitative estimate of drug-likeness (QED) is 0.260. The van der Waals surface area contributed by atoms with Gasteiger partial charge in [-0.15, -0.1) is 24.0 Å². The van der Waals surface area contributed by atoms with Gasteiger partial charge in [-0.25, -0.2) is 0 Å². The minimum Gasteiger partial charge on any atom is -0.457 e. The number of ether oxygens (including phenoxy) is 1. The van der Waals surface area contributed by atoms with E-state index in [1.165, 1.54) is 0 Å². The van der Waals surface area contributed by atoms with Crippen molar-refractivity contribution in [1.82, 2.24) is 4.90 Å². The van der Waals surface area contributed by atoms with Gasteiger partial charge in [0.25, 0.3) is 0 Å². The van der Waals surface area contributed by atoms with Crippen LogP contribution in [0.15, 0.2) is 89.9 Å². The van der Waals surface area contributed by atoms with Crippen molar-refractivity contribution in [3.63, 3.8) is 0 Å². The van der Waals surface area contributed by atoms with Crippen LogP contribution in [0.2, 0.25) is 0 Å². The summed E-state index contributed by atoms with van der Waals surface area (Å²) in [6.07, 6.45) is 0.466. The van der Waals surface area contributed by atoms with Crippen molar-refractivity contribution in [3.8, 4) is 11.5 Å². The van der Waals surface area contributed by atoms with E-state index in [4.69, 9.17) is 10.5 Å². The van der Waals surface area contributed by atoms with Gasteiger partial charge in [-0.1, -0.05) is 54.6 Å². The lowest BCUT2D eigenvalue weighted by molar-refractivity contribution is -0.127. The Morgan fingerprint density at radius 1 is 1.03 bits per heavy atom. The lowest BCUT2D eigenvalue weighted by atomic mass is 9.94. The molecule has 0 aromatic heterocycles. The molecule has 7 heteroatoms. The van der Waals surface area contributed by atoms with E-state index >= 15 is 0 Å². The number of carbonyl (C=O) groups excluding carboxylic acids is 1. The van der Waals surface area contributed by atoms with E-state index in [0.717, 1.165) is 17.0 Å². The van der Waals surface area contributed by atoms with Crippen LogP contribution in [0.5, 0.6) is 11.5 Å². The van der Waals surface area contributed by atoms with Crippen LogP contribution >= 0.6 is 24.0 Å². The van der Waals surface area contributed by atoms with Gasteiger partial charge in [0.05, 0.1) is 6.04 Å². The third-order valence-electron chi connectivity index (χ3n) is 5.42. The molecule has 0 bridgehead atoms. The van der Waals surface area contributed by atoms with Gasteiger partial charge in [0.1, 0.15) is 11.5 Å². The summed E-state index contributed by atoms with van der Waals surface area (Å²) in [4.78, 5) is 18.6. The summed E-state index contributed by atoms with van der Waals surface area (Å²) in [6.45, 7) is 0.467. The Hall–Kier alpha value is -3.07. The Morgan fingerprint density at radius 3 is 2.41 bits per heavy atom. The van der Waals surface area contributed by atoms with Gasteiger partial charge in [-0.05, 0) is 29.8 Å². The van der Waals surface area contributed by atoms with Gasteiger partial charge in [0.15, 0.2) is 5.96 Å². The smallest absolute Gasteiger partial charge is 0.223 e. The fourth-order valence-corrected chi connectivity index (χ4v) is 3.93. The van der Waals surface area contributed by atoms with Crippen LogP contribution in [0.25, 0.3) is 0 Å². The molecule has 1 heterocycles. The minimum atomic E-state index is 0. The van der Waals surface area contributed by atoms with Crippen molar-refractivity contribution in [1.29, 1.82) is 0 Å². The second-order valence-corrected chi connectivity index (χ2v) is 7.62. The highest BCUT2D eigenvalue weighted by Crippen LogP contribution is 2.37. The van der Waals surface area contributed by atoms with Gasteiger partial charge in [-0.3, -0.25) is 9.79 Å². The number of nitrogens with zero attached hydrogens (tertiary/aromatic N) is 2. The lowest BCUT2D eigenvalue weighted by Crippen LogP contribution is -2.27. The number of halogens is 1. The zero-order chi connectivity index (χ0) is 21.6. The average molecular weight is 542 g/mol. The number of para-hydroxylation sites is 1. The fraction of sp³-hybridized carbons (Fsp3) is 0.200. The molecule has 1 saturated heterocycles. The molecule has 3 aromatic carbocycles. The summed E-state index contributed by atoms with van der Waals surface area (Å²) >= 11 is 0. The topological polar surface area (TPSA) is 80.0 Å². The molecule has 1 aliphatic heterocycles. The van der Waals surface area contributed by atoms with Crippen LogP contribution in [0.1, 0.15) is 18.0 Å². The number of aliphatic imine (C=N–C) groups is 1. The van der Waals surface area contributed by atoms with Gasteiger partial charge in [0.2, 0.25) is 5.91 Å². The Labute approximate surface area is 205 Å². The van der Waals surface area contributed by atoms with E-state index in [-0.39, 0.29) is 41.8 Å². The van der Waals surface area contributed by atoms with Crippen molar-refractivity contribution >= 4 is 41.5 Å². The van der Waals surface area contributed by atoms with Crippen LogP contribution in [0.3, 0.4) is 0 Å². The molecule has 0 spiro atoms. The van der Waals surface area contributed by atoms with E-state index in [0.29, 0.717) is 24.7 Å².